The largest absolute Gasteiger partial charge is 0.395 e. The standard InChI is InChI=1S/C12H25N3O/c1-14-6-8-15(9-7-14)5-4-12(10-16)13-11-2-3-11/h11-13,16H,2-10H2,1H3. The Morgan fingerprint density at radius 1 is 1.25 bits per heavy atom. The molecule has 1 saturated heterocycles. The number of hydrogen-bond donors (Lipinski definition) is 2. The molecule has 1 saturated carbocycles. The normalized spacial score (nSPS) is 25.9. The lowest BCUT2D eigenvalue weighted by Gasteiger charge is -2.33. The third-order valence-electron chi connectivity index (χ3n) is 3.66. The van der Waals surface area contributed by atoms with Crippen LogP contribution < -0.4 is 5.32 Å². The summed E-state index contributed by atoms with van der Waals surface area (Å²) in [6.07, 6.45) is 3.67. The van der Waals surface area contributed by atoms with E-state index in [1.165, 1.54) is 39.0 Å². The van der Waals surface area contributed by atoms with Crippen molar-refractivity contribution in [1.29, 1.82) is 0 Å². The van der Waals surface area contributed by atoms with Crippen molar-refractivity contribution < 1.29 is 5.11 Å². The first-order chi connectivity index (χ1) is 7.78. The molecule has 1 atom stereocenters. The summed E-state index contributed by atoms with van der Waals surface area (Å²) in [4.78, 5) is 4.89. The molecule has 1 heterocycles. The number of likely N-dealkylation sites (N-methyl/N-ethyl adjacent to an activating group) is 1. The van der Waals surface area contributed by atoms with E-state index in [1.807, 2.05) is 0 Å². The van der Waals surface area contributed by atoms with E-state index < -0.39 is 0 Å². The quantitative estimate of drug-likeness (QED) is 0.655. The van der Waals surface area contributed by atoms with Gasteiger partial charge in [0.1, 0.15) is 0 Å². The molecule has 16 heavy (non-hydrogen) atoms. The second-order valence-corrected chi connectivity index (χ2v) is 5.25. The maximum absolute atomic E-state index is 9.28. The summed E-state index contributed by atoms with van der Waals surface area (Å²) in [5.41, 5.74) is 0. The van der Waals surface area contributed by atoms with Gasteiger partial charge in [0.15, 0.2) is 0 Å². The molecule has 1 aliphatic heterocycles. The van der Waals surface area contributed by atoms with Gasteiger partial charge in [-0.05, 0) is 32.9 Å². The highest BCUT2D eigenvalue weighted by Crippen LogP contribution is 2.19. The summed E-state index contributed by atoms with van der Waals surface area (Å²) in [7, 11) is 2.18. The molecule has 0 aromatic heterocycles. The first-order valence-electron chi connectivity index (χ1n) is 6.55. The predicted octanol–water partition coefficient (Wildman–Crippen LogP) is -0.263. The van der Waals surface area contributed by atoms with Crippen molar-refractivity contribution in [3.63, 3.8) is 0 Å². The van der Waals surface area contributed by atoms with Gasteiger partial charge in [0.2, 0.25) is 0 Å². The van der Waals surface area contributed by atoms with E-state index in [9.17, 15) is 5.11 Å². The van der Waals surface area contributed by atoms with Gasteiger partial charge in [-0.3, -0.25) is 0 Å². The van der Waals surface area contributed by atoms with E-state index in [4.69, 9.17) is 0 Å². The van der Waals surface area contributed by atoms with Crippen LogP contribution >= 0.6 is 0 Å². The second-order valence-electron chi connectivity index (χ2n) is 5.25. The van der Waals surface area contributed by atoms with Crippen LogP contribution in [0.5, 0.6) is 0 Å². The third kappa shape index (κ3) is 4.01. The zero-order valence-corrected chi connectivity index (χ0v) is 10.4. The molecule has 4 nitrogen and oxygen atoms in total. The van der Waals surface area contributed by atoms with Crippen LogP contribution in [-0.2, 0) is 0 Å². The zero-order valence-electron chi connectivity index (χ0n) is 10.4. The fraction of sp³-hybridized carbons (Fsp3) is 1.00. The molecule has 0 amide bonds. The number of aliphatic hydroxyl groups is 1. The number of hydrogen-bond acceptors (Lipinski definition) is 4. The van der Waals surface area contributed by atoms with E-state index in [0.29, 0.717) is 12.1 Å². The van der Waals surface area contributed by atoms with Crippen LogP contribution in [0.3, 0.4) is 0 Å². The predicted molar refractivity (Wildman–Crippen MR) is 65.6 cm³/mol. The van der Waals surface area contributed by atoms with Crippen LogP contribution in [0.2, 0.25) is 0 Å². The summed E-state index contributed by atoms with van der Waals surface area (Å²) in [5, 5.41) is 12.8. The fourth-order valence-corrected chi connectivity index (χ4v) is 2.22. The Morgan fingerprint density at radius 3 is 2.50 bits per heavy atom. The summed E-state index contributed by atoms with van der Waals surface area (Å²) in [6.45, 7) is 6.12. The highest BCUT2D eigenvalue weighted by molar-refractivity contribution is 4.85. The van der Waals surface area contributed by atoms with Crippen molar-refractivity contribution in [3.8, 4) is 0 Å². The van der Waals surface area contributed by atoms with E-state index in [2.05, 4.69) is 22.2 Å². The van der Waals surface area contributed by atoms with Gasteiger partial charge in [-0.25, -0.2) is 0 Å². The smallest absolute Gasteiger partial charge is 0.0585 e. The molecule has 1 unspecified atom stereocenters. The van der Waals surface area contributed by atoms with Crippen LogP contribution in [0, 0.1) is 0 Å². The van der Waals surface area contributed by atoms with E-state index >= 15 is 0 Å². The highest BCUT2D eigenvalue weighted by Gasteiger charge is 2.24. The molecule has 0 aromatic rings. The topological polar surface area (TPSA) is 38.7 Å². The zero-order chi connectivity index (χ0) is 11.4. The summed E-state index contributed by atoms with van der Waals surface area (Å²) in [6, 6.07) is 1.01. The molecular formula is C12H25N3O. The van der Waals surface area contributed by atoms with E-state index in [-0.39, 0.29) is 6.61 Å². The van der Waals surface area contributed by atoms with E-state index in [1.54, 1.807) is 0 Å². The Labute approximate surface area is 98.6 Å². The first kappa shape index (κ1) is 12.3. The van der Waals surface area contributed by atoms with Crippen molar-refractivity contribution in [2.24, 2.45) is 0 Å². The number of piperazine rings is 1. The third-order valence-corrected chi connectivity index (χ3v) is 3.66. The molecule has 1 aliphatic carbocycles. The van der Waals surface area contributed by atoms with Crippen LogP contribution in [0.4, 0.5) is 0 Å². The summed E-state index contributed by atoms with van der Waals surface area (Å²) in [5.74, 6) is 0. The monoisotopic (exact) mass is 227 g/mol. The minimum Gasteiger partial charge on any atom is -0.395 e. The lowest BCUT2D eigenvalue weighted by atomic mass is 10.2. The molecule has 0 radical (unpaired) electrons. The molecule has 4 heteroatoms. The molecule has 0 spiro atoms. The molecular weight excluding hydrogens is 202 g/mol. The molecule has 2 N–H and O–H groups in total. The number of nitrogens with one attached hydrogen (secondary N) is 1. The van der Waals surface area contributed by atoms with Crippen LogP contribution in [0.25, 0.3) is 0 Å². The van der Waals surface area contributed by atoms with Gasteiger partial charge in [0.25, 0.3) is 0 Å². The van der Waals surface area contributed by atoms with Crippen molar-refractivity contribution in [1.82, 2.24) is 15.1 Å². The van der Waals surface area contributed by atoms with Gasteiger partial charge in [-0.15, -0.1) is 0 Å². The van der Waals surface area contributed by atoms with Crippen molar-refractivity contribution in [3.05, 3.63) is 0 Å². The second kappa shape index (κ2) is 5.96. The fourth-order valence-electron chi connectivity index (χ4n) is 2.22. The maximum Gasteiger partial charge on any atom is 0.0585 e. The molecule has 2 rings (SSSR count). The lowest BCUT2D eigenvalue weighted by Crippen LogP contribution is -2.46. The molecule has 2 aliphatic rings. The van der Waals surface area contributed by atoms with Crippen molar-refractivity contribution >= 4 is 0 Å². The average molecular weight is 227 g/mol. The number of nitrogens with zero attached hydrogens (tertiary/aromatic N) is 2. The van der Waals surface area contributed by atoms with E-state index in [0.717, 1.165) is 13.0 Å². The maximum atomic E-state index is 9.28. The van der Waals surface area contributed by atoms with Crippen LogP contribution in [-0.4, -0.2) is 73.4 Å². The minimum atomic E-state index is 0.282. The lowest BCUT2D eigenvalue weighted by molar-refractivity contribution is 0.141. The van der Waals surface area contributed by atoms with Gasteiger partial charge in [0, 0.05) is 38.3 Å². The summed E-state index contributed by atoms with van der Waals surface area (Å²) < 4.78 is 0. The van der Waals surface area contributed by atoms with Gasteiger partial charge in [-0.1, -0.05) is 0 Å². The average Bonchev–Trinajstić information content (AvgIpc) is 3.10. The minimum absolute atomic E-state index is 0.282. The highest BCUT2D eigenvalue weighted by atomic mass is 16.3. The summed E-state index contributed by atoms with van der Waals surface area (Å²) >= 11 is 0. The van der Waals surface area contributed by atoms with Gasteiger partial charge >= 0.3 is 0 Å². The Balaban J connectivity index is 1.60. The van der Waals surface area contributed by atoms with Crippen molar-refractivity contribution in [2.45, 2.75) is 31.3 Å². The Hall–Kier alpha value is -0.160. The molecule has 94 valence electrons. The first-order valence-corrected chi connectivity index (χ1v) is 6.55. The SMILES string of the molecule is CN1CCN(CCC(CO)NC2CC2)CC1. The van der Waals surface area contributed by atoms with Gasteiger partial charge in [-0.2, -0.15) is 0 Å². The molecule has 0 bridgehead atoms. The van der Waals surface area contributed by atoms with Gasteiger partial charge < -0.3 is 20.2 Å². The van der Waals surface area contributed by atoms with Crippen LogP contribution in [0.1, 0.15) is 19.3 Å². The molecule has 0 aromatic carbocycles. The Kier molecular flexibility index (Phi) is 4.58. The molecule has 2 fully saturated rings. The Morgan fingerprint density at radius 2 is 1.94 bits per heavy atom. The number of rotatable bonds is 6. The van der Waals surface area contributed by atoms with Crippen LogP contribution in [0.15, 0.2) is 0 Å². The Bertz CT molecular complexity index is 200. The van der Waals surface area contributed by atoms with Crippen molar-refractivity contribution in [2.75, 3.05) is 46.4 Å². The number of aliphatic hydroxyl groups excluding tert-OH is 1. The van der Waals surface area contributed by atoms with Gasteiger partial charge in [0.05, 0.1) is 6.61 Å².